The van der Waals surface area contributed by atoms with Gasteiger partial charge >= 0.3 is 0 Å². The van der Waals surface area contributed by atoms with Crippen LogP contribution in [0, 0.1) is 5.92 Å². The number of likely N-dealkylation sites (tertiary alicyclic amines) is 1. The summed E-state index contributed by atoms with van der Waals surface area (Å²) in [4.78, 5) is 15.4. The van der Waals surface area contributed by atoms with Crippen molar-refractivity contribution < 1.29 is 4.79 Å². The quantitative estimate of drug-likeness (QED) is 0.725. The van der Waals surface area contributed by atoms with E-state index in [1.165, 1.54) is 16.3 Å². The largest absolute Gasteiger partial charge is 0.335 e. The minimum Gasteiger partial charge on any atom is -0.335 e. The van der Waals surface area contributed by atoms with E-state index in [9.17, 15) is 4.79 Å². The van der Waals surface area contributed by atoms with Gasteiger partial charge in [0.2, 0.25) is 5.91 Å². The SMILES string of the molecule is CC(C(=O)N1CCCC1c1cccc2ccccc12)C(N)c1ccccc1. The number of hydrogen-bond donors (Lipinski definition) is 1. The Morgan fingerprint density at radius 2 is 1.70 bits per heavy atom. The number of nitrogens with zero attached hydrogens (tertiary/aromatic N) is 1. The lowest BCUT2D eigenvalue weighted by Gasteiger charge is -2.31. The average Bonchev–Trinajstić information content (AvgIpc) is 3.22. The van der Waals surface area contributed by atoms with Crippen molar-refractivity contribution in [1.82, 2.24) is 4.90 Å². The van der Waals surface area contributed by atoms with Crippen molar-refractivity contribution in [1.29, 1.82) is 0 Å². The fourth-order valence-corrected chi connectivity index (χ4v) is 4.27. The Bertz CT molecular complexity index is 932. The maximum atomic E-state index is 13.3. The highest BCUT2D eigenvalue weighted by Gasteiger charge is 2.35. The smallest absolute Gasteiger partial charge is 0.227 e. The molecule has 3 aromatic carbocycles. The highest BCUT2D eigenvalue weighted by molar-refractivity contribution is 5.87. The molecule has 1 aliphatic heterocycles. The van der Waals surface area contributed by atoms with E-state index < -0.39 is 0 Å². The molecule has 3 heteroatoms. The fourth-order valence-electron chi connectivity index (χ4n) is 4.27. The van der Waals surface area contributed by atoms with Crippen LogP contribution in [0.4, 0.5) is 0 Å². The van der Waals surface area contributed by atoms with Crippen LogP contribution in [-0.2, 0) is 4.79 Å². The molecule has 27 heavy (non-hydrogen) atoms. The Morgan fingerprint density at radius 1 is 1.00 bits per heavy atom. The zero-order valence-electron chi connectivity index (χ0n) is 15.7. The summed E-state index contributed by atoms with van der Waals surface area (Å²) in [5.41, 5.74) is 8.70. The molecule has 0 saturated carbocycles. The fraction of sp³-hybridized carbons (Fsp3) is 0.292. The Balaban J connectivity index is 1.62. The van der Waals surface area contributed by atoms with Gasteiger partial charge in [0, 0.05) is 12.6 Å². The summed E-state index contributed by atoms with van der Waals surface area (Å²) in [6.45, 7) is 2.76. The number of benzene rings is 3. The van der Waals surface area contributed by atoms with Crippen LogP contribution < -0.4 is 5.73 Å². The Kier molecular flexibility index (Phi) is 4.95. The van der Waals surface area contributed by atoms with E-state index in [2.05, 4.69) is 47.4 Å². The van der Waals surface area contributed by atoms with Crippen LogP contribution in [0.15, 0.2) is 72.8 Å². The van der Waals surface area contributed by atoms with Gasteiger partial charge < -0.3 is 10.6 Å². The predicted molar refractivity (Wildman–Crippen MR) is 110 cm³/mol. The molecule has 3 aromatic rings. The van der Waals surface area contributed by atoms with Gasteiger partial charge in [-0.25, -0.2) is 0 Å². The lowest BCUT2D eigenvalue weighted by atomic mass is 9.92. The van der Waals surface area contributed by atoms with Crippen LogP contribution in [0.3, 0.4) is 0 Å². The van der Waals surface area contributed by atoms with Gasteiger partial charge in [-0.05, 0) is 34.7 Å². The van der Waals surface area contributed by atoms with Gasteiger partial charge in [0.1, 0.15) is 0 Å². The summed E-state index contributed by atoms with van der Waals surface area (Å²) >= 11 is 0. The third-order valence-electron chi connectivity index (χ3n) is 5.83. The van der Waals surface area contributed by atoms with Gasteiger partial charge in [0.05, 0.1) is 12.0 Å². The molecule has 138 valence electrons. The average molecular weight is 358 g/mol. The van der Waals surface area contributed by atoms with Crippen LogP contribution in [0.2, 0.25) is 0 Å². The number of amides is 1. The molecule has 3 atom stereocenters. The van der Waals surface area contributed by atoms with Gasteiger partial charge in [0.25, 0.3) is 0 Å². The molecule has 0 radical (unpaired) electrons. The van der Waals surface area contributed by atoms with Crippen molar-refractivity contribution in [3.63, 3.8) is 0 Å². The van der Waals surface area contributed by atoms with Crippen LogP contribution >= 0.6 is 0 Å². The topological polar surface area (TPSA) is 46.3 Å². The molecule has 3 unspecified atom stereocenters. The maximum Gasteiger partial charge on any atom is 0.227 e. The second-order valence-electron chi connectivity index (χ2n) is 7.48. The van der Waals surface area contributed by atoms with E-state index in [-0.39, 0.29) is 23.9 Å². The van der Waals surface area contributed by atoms with Gasteiger partial charge in [-0.1, -0.05) is 79.7 Å². The van der Waals surface area contributed by atoms with E-state index in [4.69, 9.17) is 5.73 Å². The molecular weight excluding hydrogens is 332 g/mol. The molecule has 4 rings (SSSR count). The molecule has 1 aliphatic rings. The second-order valence-corrected chi connectivity index (χ2v) is 7.48. The molecule has 0 aromatic heterocycles. The van der Waals surface area contributed by atoms with Crippen LogP contribution in [-0.4, -0.2) is 17.4 Å². The molecule has 0 aliphatic carbocycles. The van der Waals surface area contributed by atoms with Crippen LogP contribution in [0.25, 0.3) is 10.8 Å². The molecule has 1 amide bonds. The zero-order chi connectivity index (χ0) is 18.8. The third-order valence-corrected chi connectivity index (χ3v) is 5.83. The minimum atomic E-state index is -0.285. The highest BCUT2D eigenvalue weighted by Crippen LogP contribution is 2.37. The molecule has 3 nitrogen and oxygen atoms in total. The number of rotatable bonds is 4. The second kappa shape index (κ2) is 7.53. The van der Waals surface area contributed by atoms with Crippen molar-refractivity contribution in [2.75, 3.05) is 6.54 Å². The summed E-state index contributed by atoms with van der Waals surface area (Å²) in [5, 5.41) is 2.47. The lowest BCUT2D eigenvalue weighted by Crippen LogP contribution is -2.39. The van der Waals surface area contributed by atoms with Crippen molar-refractivity contribution in [3.8, 4) is 0 Å². The lowest BCUT2D eigenvalue weighted by molar-refractivity contribution is -0.136. The van der Waals surface area contributed by atoms with Crippen molar-refractivity contribution in [3.05, 3.63) is 83.9 Å². The van der Waals surface area contributed by atoms with Crippen LogP contribution in [0.1, 0.15) is 43.0 Å². The Morgan fingerprint density at radius 3 is 2.52 bits per heavy atom. The summed E-state index contributed by atoms with van der Waals surface area (Å²) in [7, 11) is 0. The van der Waals surface area contributed by atoms with Gasteiger partial charge in [-0.2, -0.15) is 0 Å². The van der Waals surface area contributed by atoms with E-state index in [1.54, 1.807) is 0 Å². The number of hydrogen-bond acceptors (Lipinski definition) is 2. The number of carbonyl (C=O) groups is 1. The highest BCUT2D eigenvalue weighted by atomic mass is 16.2. The monoisotopic (exact) mass is 358 g/mol. The number of carbonyl (C=O) groups excluding carboxylic acids is 1. The number of fused-ring (bicyclic) bond motifs is 1. The first-order valence-corrected chi connectivity index (χ1v) is 9.75. The predicted octanol–water partition coefficient (Wildman–Crippen LogP) is 4.84. The summed E-state index contributed by atoms with van der Waals surface area (Å²) in [5.74, 6) is -0.0928. The van der Waals surface area contributed by atoms with E-state index in [0.29, 0.717) is 0 Å². The molecule has 1 fully saturated rings. The minimum absolute atomic E-state index is 0.133. The summed E-state index contributed by atoms with van der Waals surface area (Å²) < 4.78 is 0. The number of nitrogens with two attached hydrogens (primary N) is 1. The van der Waals surface area contributed by atoms with Crippen molar-refractivity contribution in [2.24, 2.45) is 11.7 Å². The molecule has 1 heterocycles. The molecule has 1 saturated heterocycles. The van der Waals surface area contributed by atoms with Gasteiger partial charge in [-0.3, -0.25) is 4.79 Å². The molecular formula is C24H26N2O. The van der Waals surface area contributed by atoms with Crippen LogP contribution in [0.5, 0.6) is 0 Å². The normalized spacial score (nSPS) is 19.2. The standard InChI is InChI=1S/C24H26N2O/c1-17(23(25)19-10-3-2-4-11-19)24(27)26-16-8-15-22(26)21-14-7-12-18-9-5-6-13-20(18)21/h2-7,9-14,17,22-23H,8,15-16,25H2,1H3. The van der Waals surface area contributed by atoms with Crippen molar-refractivity contribution >= 4 is 16.7 Å². The summed E-state index contributed by atoms with van der Waals surface area (Å²) in [6, 6.07) is 24.6. The first-order chi connectivity index (χ1) is 13.2. The van der Waals surface area contributed by atoms with Crippen molar-refractivity contribution in [2.45, 2.75) is 31.8 Å². The maximum absolute atomic E-state index is 13.3. The summed E-state index contributed by atoms with van der Waals surface area (Å²) in [6.07, 6.45) is 2.04. The van der Waals surface area contributed by atoms with Gasteiger partial charge in [-0.15, -0.1) is 0 Å². The third kappa shape index (κ3) is 3.35. The first kappa shape index (κ1) is 17.7. The van der Waals surface area contributed by atoms with E-state index in [0.717, 1.165) is 24.9 Å². The molecule has 0 spiro atoms. The Labute approximate surface area is 160 Å². The zero-order valence-corrected chi connectivity index (χ0v) is 15.7. The van der Waals surface area contributed by atoms with E-state index in [1.807, 2.05) is 37.3 Å². The first-order valence-electron chi connectivity index (χ1n) is 9.75. The Hall–Kier alpha value is -2.65. The van der Waals surface area contributed by atoms with E-state index >= 15 is 0 Å². The van der Waals surface area contributed by atoms with Gasteiger partial charge in [0.15, 0.2) is 0 Å². The molecule has 0 bridgehead atoms. The molecule has 2 N–H and O–H groups in total.